The molecule has 0 saturated carbocycles. The Labute approximate surface area is 136 Å². The van der Waals surface area contributed by atoms with Crippen molar-refractivity contribution in [2.24, 2.45) is 0 Å². The molecule has 1 aromatic heterocycles. The van der Waals surface area contributed by atoms with Crippen molar-refractivity contribution in [3.8, 4) is 11.4 Å². The lowest BCUT2D eigenvalue weighted by molar-refractivity contribution is 0.653. The number of hydrogen-bond acceptors (Lipinski definition) is 3. The molecule has 0 radical (unpaired) electrons. The van der Waals surface area contributed by atoms with Gasteiger partial charge >= 0.3 is 0 Å². The third-order valence-electron chi connectivity index (χ3n) is 3.00. The van der Waals surface area contributed by atoms with Crippen LogP contribution in [0.2, 0.25) is 15.1 Å². The first kappa shape index (κ1) is 14.3. The van der Waals surface area contributed by atoms with Gasteiger partial charge in [0.05, 0.1) is 6.54 Å². The lowest BCUT2D eigenvalue weighted by Crippen LogP contribution is -2.05. The van der Waals surface area contributed by atoms with E-state index >= 15 is 0 Å². The van der Waals surface area contributed by atoms with Gasteiger partial charge in [0.15, 0.2) is 5.82 Å². The van der Waals surface area contributed by atoms with Gasteiger partial charge in [-0.3, -0.25) is 0 Å². The summed E-state index contributed by atoms with van der Waals surface area (Å²) in [6.07, 6.45) is 0. The van der Waals surface area contributed by atoms with Crippen LogP contribution in [-0.4, -0.2) is 20.2 Å². The van der Waals surface area contributed by atoms with Crippen molar-refractivity contribution in [1.29, 1.82) is 0 Å². The maximum Gasteiger partial charge on any atom is 0.182 e. The molecule has 3 aromatic rings. The van der Waals surface area contributed by atoms with E-state index in [1.807, 2.05) is 12.1 Å². The summed E-state index contributed by atoms with van der Waals surface area (Å²) in [5.74, 6) is 0.627. The fourth-order valence-corrected chi connectivity index (χ4v) is 2.59. The van der Waals surface area contributed by atoms with E-state index in [4.69, 9.17) is 34.8 Å². The molecule has 2 aromatic carbocycles. The quantitative estimate of drug-likeness (QED) is 0.712. The second-order valence-corrected chi connectivity index (χ2v) is 5.62. The molecule has 0 N–H and O–H groups in total. The summed E-state index contributed by atoms with van der Waals surface area (Å²) in [6.45, 7) is 0.392. The maximum absolute atomic E-state index is 6.18. The van der Waals surface area contributed by atoms with E-state index in [0.29, 0.717) is 27.4 Å². The molecule has 0 saturated heterocycles. The molecule has 0 fully saturated rings. The van der Waals surface area contributed by atoms with Crippen LogP contribution in [0.5, 0.6) is 0 Å². The van der Waals surface area contributed by atoms with Gasteiger partial charge in [0.1, 0.15) is 0 Å². The van der Waals surface area contributed by atoms with Gasteiger partial charge in [0.2, 0.25) is 0 Å². The van der Waals surface area contributed by atoms with Crippen LogP contribution < -0.4 is 0 Å². The van der Waals surface area contributed by atoms with Crippen molar-refractivity contribution in [2.45, 2.75) is 6.54 Å². The van der Waals surface area contributed by atoms with Gasteiger partial charge in [-0.15, -0.1) is 5.10 Å². The maximum atomic E-state index is 6.18. The van der Waals surface area contributed by atoms with Gasteiger partial charge in [0, 0.05) is 26.2 Å². The monoisotopic (exact) mass is 338 g/mol. The highest BCUT2D eigenvalue weighted by Crippen LogP contribution is 2.26. The molecule has 0 atom stereocenters. The topological polar surface area (TPSA) is 43.6 Å². The average molecular weight is 340 g/mol. The van der Waals surface area contributed by atoms with Crippen LogP contribution in [0.15, 0.2) is 42.5 Å². The fraction of sp³-hybridized carbons (Fsp3) is 0.0714. The van der Waals surface area contributed by atoms with Crippen LogP contribution in [-0.2, 0) is 6.54 Å². The second-order valence-electron chi connectivity index (χ2n) is 4.37. The number of aromatic nitrogens is 4. The van der Waals surface area contributed by atoms with E-state index in [1.165, 1.54) is 0 Å². The van der Waals surface area contributed by atoms with Crippen molar-refractivity contribution in [3.63, 3.8) is 0 Å². The molecule has 4 nitrogen and oxygen atoms in total. The molecule has 0 unspecified atom stereocenters. The Hall–Kier alpha value is -1.62. The van der Waals surface area contributed by atoms with Crippen molar-refractivity contribution in [3.05, 3.63) is 63.1 Å². The highest BCUT2D eigenvalue weighted by atomic mass is 35.5. The molecular formula is C14H9Cl3N4. The number of halogens is 3. The molecule has 0 bridgehead atoms. The van der Waals surface area contributed by atoms with Gasteiger partial charge in [-0.25, -0.2) is 4.68 Å². The van der Waals surface area contributed by atoms with E-state index in [2.05, 4.69) is 15.5 Å². The number of nitrogens with zero attached hydrogens (tertiary/aromatic N) is 4. The summed E-state index contributed by atoms with van der Waals surface area (Å²) in [7, 11) is 0. The smallest absolute Gasteiger partial charge is 0.182 e. The van der Waals surface area contributed by atoms with Gasteiger partial charge in [0.25, 0.3) is 0 Å². The first-order chi connectivity index (χ1) is 10.1. The molecular weight excluding hydrogens is 331 g/mol. The van der Waals surface area contributed by atoms with E-state index in [1.54, 1.807) is 35.0 Å². The SMILES string of the molecule is Clc1ccc(-c2nnnn2Cc2c(Cl)cccc2Cl)cc1. The normalized spacial score (nSPS) is 10.8. The summed E-state index contributed by atoms with van der Waals surface area (Å²) in [5, 5.41) is 13.6. The van der Waals surface area contributed by atoms with E-state index < -0.39 is 0 Å². The van der Waals surface area contributed by atoms with Crippen molar-refractivity contribution in [2.75, 3.05) is 0 Å². The number of rotatable bonds is 3. The molecule has 7 heteroatoms. The molecule has 0 aliphatic rings. The Balaban J connectivity index is 1.98. The zero-order valence-corrected chi connectivity index (χ0v) is 12.9. The van der Waals surface area contributed by atoms with Crippen LogP contribution >= 0.6 is 34.8 Å². The van der Waals surface area contributed by atoms with Gasteiger partial charge in [-0.1, -0.05) is 40.9 Å². The highest BCUT2D eigenvalue weighted by molar-refractivity contribution is 6.36. The Morgan fingerprint density at radius 2 is 1.57 bits per heavy atom. The molecule has 21 heavy (non-hydrogen) atoms. The Kier molecular flexibility index (Phi) is 4.10. The van der Waals surface area contributed by atoms with Gasteiger partial charge in [-0.05, 0) is 46.8 Å². The van der Waals surface area contributed by atoms with Gasteiger partial charge in [-0.2, -0.15) is 0 Å². The molecule has 106 valence electrons. The molecule has 0 amide bonds. The highest BCUT2D eigenvalue weighted by Gasteiger charge is 2.13. The molecule has 0 aliphatic carbocycles. The van der Waals surface area contributed by atoms with E-state index in [9.17, 15) is 0 Å². The standard InChI is InChI=1S/C14H9Cl3N4/c15-10-6-4-9(5-7-10)14-18-19-20-21(14)8-11-12(16)2-1-3-13(11)17/h1-7H,8H2. The van der Waals surface area contributed by atoms with Crippen LogP contribution in [0.4, 0.5) is 0 Å². The molecule has 0 spiro atoms. The number of hydrogen-bond donors (Lipinski definition) is 0. The summed E-state index contributed by atoms with van der Waals surface area (Å²) in [6, 6.07) is 12.7. The van der Waals surface area contributed by atoms with Crippen LogP contribution in [0, 0.1) is 0 Å². The molecule has 3 rings (SSSR count). The van der Waals surface area contributed by atoms with Crippen LogP contribution in [0.1, 0.15) is 5.56 Å². The average Bonchev–Trinajstić information content (AvgIpc) is 2.92. The van der Waals surface area contributed by atoms with Crippen LogP contribution in [0.3, 0.4) is 0 Å². The minimum absolute atomic E-state index is 0.392. The van der Waals surface area contributed by atoms with E-state index in [-0.39, 0.29) is 0 Å². The zero-order chi connectivity index (χ0) is 14.8. The molecule has 1 heterocycles. The Bertz CT molecular complexity index is 748. The van der Waals surface area contributed by atoms with Crippen molar-refractivity contribution >= 4 is 34.8 Å². The van der Waals surface area contributed by atoms with Crippen molar-refractivity contribution < 1.29 is 0 Å². The summed E-state index contributed by atoms with van der Waals surface area (Å²) in [4.78, 5) is 0. The number of benzene rings is 2. The zero-order valence-electron chi connectivity index (χ0n) is 10.7. The first-order valence-electron chi connectivity index (χ1n) is 6.10. The largest absolute Gasteiger partial charge is 0.221 e. The fourth-order valence-electron chi connectivity index (χ4n) is 1.95. The number of tetrazole rings is 1. The third-order valence-corrected chi connectivity index (χ3v) is 3.96. The Morgan fingerprint density at radius 3 is 2.24 bits per heavy atom. The predicted molar refractivity (Wildman–Crippen MR) is 83.8 cm³/mol. The summed E-state index contributed by atoms with van der Waals surface area (Å²) < 4.78 is 1.65. The van der Waals surface area contributed by atoms with Crippen LogP contribution in [0.25, 0.3) is 11.4 Å². The summed E-state index contributed by atoms with van der Waals surface area (Å²) >= 11 is 18.3. The Morgan fingerprint density at radius 1 is 0.905 bits per heavy atom. The molecule has 0 aliphatic heterocycles. The predicted octanol–water partition coefficient (Wildman–Crippen LogP) is 4.35. The lowest BCUT2D eigenvalue weighted by Gasteiger charge is -2.08. The minimum atomic E-state index is 0.392. The van der Waals surface area contributed by atoms with Gasteiger partial charge < -0.3 is 0 Å². The minimum Gasteiger partial charge on any atom is -0.221 e. The van der Waals surface area contributed by atoms with E-state index in [0.717, 1.165) is 11.1 Å². The van der Waals surface area contributed by atoms with Crippen molar-refractivity contribution in [1.82, 2.24) is 20.2 Å². The third kappa shape index (κ3) is 3.02. The lowest BCUT2D eigenvalue weighted by atomic mass is 10.2. The second kappa shape index (κ2) is 6.02. The first-order valence-corrected chi connectivity index (χ1v) is 7.23. The summed E-state index contributed by atoms with van der Waals surface area (Å²) in [5.41, 5.74) is 1.65.